The summed E-state index contributed by atoms with van der Waals surface area (Å²) in [7, 11) is 1.43. The molecule has 9 heteroatoms. The van der Waals surface area contributed by atoms with Gasteiger partial charge in [0.05, 0.1) is 6.61 Å². The highest BCUT2D eigenvalue weighted by Gasteiger charge is 2.32. The largest absolute Gasteiger partial charge is 0.406 e. The SMILES string of the molecule is Cn1nnnc1N(CCO)CC(F)(F)F. The van der Waals surface area contributed by atoms with E-state index in [9.17, 15) is 13.2 Å². The zero-order chi connectivity index (χ0) is 11.5. The minimum absolute atomic E-state index is 0.0265. The first kappa shape index (κ1) is 11.7. The number of hydrogen-bond acceptors (Lipinski definition) is 5. The molecule has 0 unspecified atom stereocenters. The van der Waals surface area contributed by atoms with E-state index in [-0.39, 0.29) is 12.5 Å². The molecular formula is C6H10F3N5O. The van der Waals surface area contributed by atoms with E-state index in [4.69, 9.17) is 5.11 Å². The molecule has 0 spiro atoms. The van der Waals surface area contributed by atoms with Gasteiger partial charge in [-0.15, -0.1) is 0 Å². The van der Waals surface area contributed by atoms with E-state index in [1.54, 1.807) is 0 Å². The van der Waals surface area contributed by atoms with Gasteiger partial charge >= 0.3 is 6.18 Å². The van der Waals surface area contributed by atoms with Gasteiger partial charge in [-0.05, 0) is 10.4 Å². The molecule has 0 aliphatic heterocycles. The Kier molecular flexibility index (Phi) is 3.45. The maximum atomic E-state index is 12.2. The number of anilines is 1. The van der Waals surface area contributed by atoms with Crippen LogP contribution < -0.4 is 4.90 Å². The van der Waals surface area contributed by atoms with Gasteiger partial charge in [0.2, 0.25) is 5.95 Å². The smallest absolute Gasteiger partial charge is 0.395 e. The van der Waals surface area contributed by atoms with Crippen molar-refractivity contribution in [1.29, 1.82) is 0 Å². The van der Waals surface area contributed by atoms with Crippen LogP contribution in [-0.2, 0) is 7.05 Å². The molecule has 0 aliphatic carbocycles. The molecule has 6 nitrogen and oxygen atoms in total. The Labute approximate surface area is 83.3 Å². The Balaban J connectivity index is 2.79. The Morgan fingerprint density at radius 3 is 2.53 bits per heavy atom. The second-order valence-electron chi connectivity index (χ2n) is 2.86. The summed E-state index contributed by atoms with van der Waals surface area (Å²) in [6.07, 6.45) is -4.36. The van der Waals surface area contributed by atoms with E-state index in [2.05, 4.69) is 15.5 Å². The molecule has 1 rings (SSSR count). The monoisotopic (exact) mass is 225 g/mol. The van der Waals surface area contributed by atoms with Crippen LogP contribution in [-0.4, -0.2) is 51.2 Å². The van der Waals surface area contributed by atoms with Gasteiger partial charge in [0.1, 0.15) is 6.54 Å². The second kappa shape index (κ2) is 4.43. The lowest BCUT2D eigenvalue weighted by Crippen LogP contribution is -2.37. The molecular weight excluding hydrogens is 215 g/mol. The molecule has 0 radical (unpaired) electrons. The Morgan fingerprint density at radius 1 is 1.47 bits per heavy atom. The molecule has 86 valence electrons. The standard InChI is InChI=1S/C6H10F3N5O/c1-13-5(10-11-12-13)14(2-3-15)4-6(7,8)9/h15H,2-4H2,1H3. The highest BCUT2D eigenvalue weighted by molar-refractivity contribution is 5.27. The van der Waals surface area contributed by atoms with Crippen molar-refractivity contribution in [2.45, 2.75) is 6.18 Å². The van der Waals surface area contributed by atoms with Crippen molar-refractivity contribution in [1.82, 2.24) is 20.2 Å². The first-order valence-electron chi connectivity index (χ1n) is 4.09. The van der Waals surface area contributed by atoms with Crippen LogP contribution >= 0.6 is 0 Å². The predicted molar refractivity (Wildman–Crippen MR) is 44.2 cm³/mol. The molecule has 0 aromatic carbocycles. The van der Waals surface area contributed by atoms with Crippen LogP contribution in [0.4, 0.5) is 19.1 Å². The molecule has 0 fully saturated rings. The average Bonchev–Trinajstić information content (AvgIpc) is 2.48. The number of halogens is 3. The van der Waals surface area contributed by atoms with Crippen LogP contribution in [0.15, 0.2) is 0 Å². The number of rotatable bonds is 4. The second-order valence-corrected chi connectivity index (χ2v) is 2.86. The summed E-state index contributed by atoms with van der Waals surface area (Å²) in [5, 5.41) is 18.7. The molecule has 1 aromatic heterocycles. The number of aliphatic hydroxyl groups excluding tert-OH is 1. The quantitative estimate of drug-likeness (QED) is 0.753. The van der Waals surface area contributed by atoms with Crippen LogP contribution in [0.1, 0.15) is 0 Å². The van der Waals surface area contributed by atoms with Crippen molar-refractivity contribution < 1.29 is 18.3 Å². The number of nitrogens with zero attached hydrogens (tertiary/aromatic N) is 5. The molecule has 15 heavy (non-hydrogen) atoms. The average molecular weight is 225 g/mol. The maximum absolute atomic E-state index is 12.2. The van der Waals surface area contributed by atoms with Gasteiger partial charge in [-0.3, -0.25) is 0 Å². The maximum Gasteiger partial charge on any atom is 0.406 e. The third-order valence-electron chi connectivity index (χ3n) is 1.62. The van der Waals surface area contributed by atoms with Crippen molar-refractivity contribution in [2.24, 2.45) is 7.05 Å². The molecule has 0 saturated carbocycles. The first-order chi connectivity index (χ1) is 6.94. The summed E-state index contributed by atoms with van der Waals surface area (Å²) in [6.45, 7) is -1.77. The fourth-order valence-corrected chi connectivity index (χ4v) is 1.08. The van der Waals surface area contributed by atoms with Gasteiger partial charge in [-0.2, -0.15) is 13.2 Å². The first-order valence-corrected chi connectivity index (χ1v) is 4.09. The van der Waals surface area contributed by atoms with Gasteiger partial charge in [-0.25, -0.2) is 4.68 Å². The van der Waals surface area contributed by atoms with Crippen molar-refractivity contribution in [3.8, 4) is 0 Å². The zero-order valence-electron chi connectivity index (χ0n) is 7.94. The van der Waals surface area contributed by atoms with Crippen molar-refractivity contribution >= 4 is 5.95 Å². The number of aryl methyl sites for hydroxylation is 1. The third-order valence-corrected chi connectivity index (χ3v) is 1.62. The minimum atomic E-state index is -4.36. The summed E-state index contributed by atoms with van der Waals surface area (Å²) >= 11 is 0. The molecule has 0 saturated heterocycles. The van der Waals surface area contributed by atoms with E-state index in [1.165, 1.54) is 7.05 Å². The molecule has 0 bridgehead atoms. The lowest BCUT2D eigenvalue weighted by Gasteiger charge is -2.22. The van der Waals surface area contributed by atoms with Gasteiger partial charge in [0.15, 0.2) is 0 Å². The minimum Gasteiger partial charge on any atom is -0.395 e. The third kappa shape index (κ3) is 3.35. The van der Waals surface area contributed by atoms with Crippen LogP contribution in [0.25, 0.3) is 0 Å². The molecule has 1 N–H and O–H groups in total. The summed E-state index contributed by atoms with van der Waals surface area (Å²) < 4.78 is 37.6. The van der Waals surface area contributed by atoms with E-state index in [0.29, 0.717) is 0 Å². The van der Waals surface area contributed by atoms with Crippen LogP contribution in [0.3, 0.4) is 0 Å². The number of tetrazole rings is 1. The highest BCUT2D eigenvalue weighted by atomic mass is 19.4. The van der Waals surface area contributed by atoms with Gasteiger partial charge < -0.3 is 10.0 Å². The fourth-order valence-electron chi connectivity index (χ4n) is 1.08. The van der Waals surface area contributed by atoms with Crippen molar-refractivity contribution in [3.63, 3.8) is 0 Å². The van der Waals surface area contributed by atoms with Crippen LogP contribution in [0, 0.1) is 0 Å². The van der Waals surface area contributed by atoms with E-state index < -0.39 is 19.3 Å². The molecule has 0 aliphatic rings. The predicted octanol–water partition coefficient (Wildman–Crippen LogP) is -0.429. The topological polar surface area (TPSA) is 67.1 Å². The lowest BCUT2D eigenvalue weighted by molar-refractivity contribution is -0.120. The summed E-state index contributed by atoms with van der Waals surface area (Å²) in [4.78, 5) is 0.861. The molecule has 0 amide bonds. The zero-order valence-corrected chi connectivity index (χ0v) is 7.94. The molecule has 0 atom stereocenters. The number of alkyl halides is 3. The lowest BCUT2D eigenvalue weighted by atomic mass is 10.5. The summed E-state index contributed by atoms with van der Waals surface area (Å²) in [5.74, 6) is -0.0265. The fraction of sp³-hybridized carbons (Fsp3) is 0.833. The molecule has 1 aromatic rings. The van der Waals surface area contributed by atoms with Crippen molar-refractivity contribution in [2.75, 3.05) is 24.6 Å². The Morgan fingerprint density at radius 2 is 2.13 bits per heavy atom. The van der Waals surface area contributed by atoms with Gasteiger partial charge in [0, 0.05) is 13.6 Å². The normalized spacial score (nSPS) is 11.8. The number of aromatic nitrogens is 4. The summed E-state index contributed by atoms with van der Waals surface area (Å²) in [6, 6.07) is 0. The Hall–Kier alpha value is -1.38. The summed E-state index contributed by atoms with van der Waals surface area (Å²) in [5.41, 5.74) is 0. The highest BCUT2D eigenvalue weighted by Crippen LogP contribution is 2.19. The van der Waals surface area contributed by atoms with Crippen LogP contribution in [0.5, 0.6) is 0 Å². The Bertz CT molecular complexity index is 312. The van der Waals surface area contributed by atoms with Gasteiger partial charge in [0.25, 0.3) is 0 Å². The number of aliphatic hydroxyl groups is 1. The number of hydrogen-bond donors (Lipinski definition) is 1. The van der Waals surface area contributed by atoms with E-state index in [1.807, 2.05) is 0 Å². The van der Waals surface area contributed by atoms with Crippen LogP contribution in [0.2, 0.25) is 0 Å². The van der Waals surface area contributed by atoms with Crippen molar-refractivity contribution in [3.05, 3.63) is 0 Å². The molecule has 1 heterocycles. The van der Waals surface area contributed by atoms with E-state index >= 15 is 0 Å². The van der Waals surface area contributed by atoms with Gasteiger partial charge in [-0.1, -0.05) is 5.10 Å². The van der Waals surface area contributed by atoms with E-state index in [0.717, 1.165) is 9.58 Å².